The van der Waals surface area contributed by atoms with Gasteiger partial charge in [-0.2, -0.15) is 0 Å². The smallest absolute Gasteiger partial charge is 0.335 e. The molecule has 2 N–H and O–H groups in total. The molecule has 21 heavy (non-hydrogen) atoms. The fraction of sp³-hybridized carbons (Fsp3) is 0.500. The standard InChI is InChI=1S/C16H24N2O3/c1-3-5-12-18(4-2)16(21)17-11-10-13-8-6-7-9-14(13)15(19)20/h6-9H,3-5,10-12H2,1-2H3,(H,17,21)(H,19,20). The minimum absolute atomic E-state index is 0.0845. The molecule has 5 heteroatoms. The van der Waals surface area contributed by atoms with Crippen molar-refractivity contribution in [2.75, 3.05) is 19.6 Å². The van der Waals surface area contributed by atoms with E-state index in [2.05, 4.69) is 12.2 Å². The number of rotatable bonds is 8. The summed E-state index contributed by atoms with van der Waals surface area (Å²) in [6.45, 7) is 5.91. The van der Waals surface area contributed by atoms with Gasteiger partial charge in [0.2, 0.25) is 0 Å². The van der Waals surface area contributed by atoms with Crippen LogP contribution in [0.25, 0.3) is 0 Å². The molecule has 0 aliphatic rings. The minimum Gasteiger partial charge on any atom is -0.478 e. The summed E-state index contributed by atoms with van der Waals surface area (Å²) < 4.78 is 0. The second-order valence-electron chi connectivity index (χ2n) is 4.88. The number of hydrogen-bond donors (Lipinski definition) is 2. The molecule has 0 spiro atoms. The van der Waals surface area contributed by atoms with E-state index >= 15 is 0 Å². The lowest BCUT2D eigenvalue weighted by atomic mass is 10.0. The Hall–Kier alpha value is -2.04. The summed E-state index contributed by atoms with van der Waals surface area (Å²) in [5, 5.41) is 12.0. The van der Waals surface area contributed by atoms with Crippen LogP contribution in [0.15, 0.2) is 24.3 Å². The van der Waals surface area contributed by atoms with Gasteiger partial charge in [-0.3, -0.25) is 0 Å². The highest BCUT2D eigenvalue weighted by Crippen LogP contribution is 2.09. The maximum Gasteiger partial charge on any atom is 0.335 e. The van der Waals surface area contributed by atoms with Gasteiger partial charge >= 0.3 is 12.0 Å². The molecule has 0 aliphatic heterocycles. The van der Waals surface area contributed by atoms with Crippen molar-refractivity contribution >= 4 is 12.0 Å². The Labute approximate surface area is 126 Å². The molecule has 0 radical (unpaired) electrons. The van der Waals surface area contributed by atoms with Gasteiger partial charge in [0.15, 0.2) is 0 Å². The first-order valence-corrected chi connectivity index (χ1v) is 7.44. The van der Waals surface area contributed by atoms with Crippen LogP contribution in [-0.4, -0.2) is 41.6 Å². The van der Waals surface area contributed by atoms with Crippen molar-refractivity contribution in [2.45, 2.75) is 33.1 Å². The molecular formula is C16H24N2O3. The molecule has 116 valence electrons. The van der Waals surface area contributed by atoms with E-state index in [1.54, 1.807) is 23.1 Å². The lowest BCUT2D eigenvalue weighted by Gasteiger charge is -2.21. The summed E-state index contributed by atoms with van der Waals surface area (Å²) in [5.41, 5.74) is 1.03. The van der Waals surface area contributed by atoms with E-state index in [1.807, 2.05) is 13.0 Å². The highest BCUT2D eigenvalue weighted by Gasteiger charge is 2.12. The van der Waals surface area contributed by atoms with Gasteiger partial charge in [0.25, 0.3) is 0 Å². The summed E-state index contributed by atoms with van der Waals surface area (Å²) in [7, 11) is 0. The number of hydrogen-bond acceptors (Lipinski definition) is 2. The minimum atomic E-state index is -0.935. The molecule has 0 unspecified atom stereocenters. The molecule has 0 heterocycles. The zero-order valence-electron chi connectivity index (χ0n) is 12.8. The average molecular weight is 292 g/mol. The molecule has 0 bridgehead atoms. The van der Waals surface area contributed by atoms with E-state index in [0.717, 1.165) is 24.9 Å². The summed E-state index contributed by atoms with van der Waals surface area (Å²) in [6, 6.07) is 6.79. The predicted octanol–water partition coefficient (Wildman–Crippen LogP) is 2.76. The van der Waals surface area contributed by atoms with Crippen molar-refractivity contribution in [1.82, 2.24) is 10.2 Å². The van der Waals surface area contributed by atoms with Crippen molar-refractivity contribution in [3.63, 3.8) is 0 Å². The molecule has 1 aromatic rings. The van der Waals surface area contributed by atoms with Gasteiger partial charge < -0.3 is 15.3 Å². The van der Waals surface area contributed by atoms with E-state index in [1.165, 1.54) is 0 Å². The van der Waals surface area contributed by atoms with Crippen LogP contribution in [0.2, 0.25) is 0 Å². The zero-order valence-corrected chi connectivity index (χ0v) is 12.8. The van der Waals surface area contributed by atoms with Crippen molar-refractivity contribution in [2.24, 2.45) is 0 Å². The Morgan fingerprint density at radius 3 is 2.57 bits per heavy atom. The summed E-state index contributed by atoms with van der Waals surface area (Å²) in [4.78, 5) is 24.9. The zero-order chi connectivity index (χ0) is 15.7. The fourth-order valence-electron chi connectivity index (χ4n) is 2.12. The Balaban J connectivity index is 2.49. The largest absolute Gasteiger partial charge is 0.478 e. The van der Waals surface area contributed by atoms with Gasteiger partial charge in [-0.25, -0.2) is 9.59 Å². The molecular weight excluding hydrogens is 268 g/mol. The van der Waals surface area contributed by atoms with Crippen LogP contribution in [0.3, 0.4) is 0 Å². The number of carboxylic acid groups (broad SMARTS) is 1. The number of nitrogens with zero attached hydrogens (tertiary/aromatic N) is 1. The first-order valence-electron chi connectivity index (χ1n) is 7.44. The number of nitrogens with one attached hydrogen (secondary N) is 1. The van der Waals surface area contributed by atoms with Crippen LogP contribution in [0.5, 0.6) is 0 Å². The number of benzene rings is 1. The van der Waals surface area contributed by atoms with Crippen molar-refractivity contribution < 1.29 is 14.7 Å². The highest BCUT2D eigenvalue weighted by molar-refractivity contribution is 5.89. The summed E-state index contributed by atoms with van der Waals surface area (Å²) >= 11 is 0. The van der Waals surface area contributed by atoms with Crippen molar-refractivity contribution in [3.05, 3.63) is 35.4 Å². The van der Waals surface area contributed by atoms with Crippen LogP contribution < -0.4 is 5.32 Å². The van der Waals surface area contributed by atoms with E-state index in [9.17, 15) is 9.59 Å². The maximum atomic E-state index is 12.0. The van der Waals surface area contributed by atoms with Crippen LogP contribution in [-0.2, 0) is 6.42 Å². The van der Waals surface area contributed by atoms with E-state index in [4.69, 9.17) is 5.11 Å². The molecule has 1 aromatic carbocycles. The predicted molar refractivity (Wildman–Crippen MR) is 82.7 cm³/mol. The maximum absolute atomic E-state index is 12.0. The summed E-state index contributed by atoms with van der Waals surface area (Å²) in [5.74, 6) is -0.935. The molecule has 0 aliphatic carbocycles. The van der Waals surface area contributed by atoms with E-state index in [-0.39, 0.29) is 6.03 Å². The second kappa shape index (κ2) is 9.00. The highest BCUT2D eigenvalue weighted by atomic mass is 16.4. The molecule has 0 atom stereocenters. The Kier molecular flexibility index (Phi) is 7.29. The van der Waals surface area contributed by atoms with Crippen LogP contribution in [0, 0.1) is 0 Å². The van der Waals surface area contributed by atoms with Gasteiger partial charge in [0.1, 0.15) is 0 Å². The molecule has 5 nitrogen and oxygen atoms in total. The Morgan fingerprint density at radius 2 is 1.95 bits per heavy atom. The first kappa shape index (κ1) is 17.0. The van der Waals surface area contributed by atoms with Crippen molar-refractivity contribution in [3.8, 4) is 0 Å². The number of carbonyl (C=O) groups excluding carboxylic acids is 1. The van der Waals surface area contributed by atoms with Crippen molar-refractivity contribution in [1.29, 1.82) is 0 Å². The van der Waals surface area contributed by atoms with E-state index < -0.39 is 5.97 Å². The Bertz CT molecular complexity index is 474. The number of amides is 2. The number of carbonyl (C=O) groups is 2. The molecule has 1 rings (SSSR count). The van der Waals surface area contributed by atoms with Crippen LogP contribution >= 0.6 is 0 Å². The topological polar surface area (TPSA) is 69.6 Å². The number of carboxylic acids is 1. The third-order valence-corrected chi connectivity index (χ3v) is 3.37. The molecule has 0 fully saturated rings. The number of aromatic carboxylic acids is 1. The quantitative estimate of drug-likeness (QED) is 0.774. The van der Waals surface area contributed by atoms with Gasteiger partial charge in [-0.15, -0.1) is 0 Å². The summed E-state index contributed by atoms with van der Waals surface area (Å²) in [6.07, 6.45) is 2.55. The van der Waals surface area contributed by atoms with Gasteiger partial charge in [-0.1, -0.05) is 31.5 Å². The lowest BCUT2D eigenvalue weighted by molar-refractivity contribution is 0.0695. The van der Waals surface area contributed by atoms with Crippen LogP contribution in [0.4, 0.5) is 4.79 Å². The number of unbranched alkanes of at least 4 members (excludes halogenated alkanes) is 1. The molecule has 0 aromatic heterocycles. The third-order valence-electron chi connectivity index (χ3n) is 3.37. The van der Waals surface area contributed by atoms with Gasteiger partial charge in [-0.05, 0) is 31.4 Å². The van der Waals surface area contributed by atoms with Gasteiger partial charge in [0, 0.05) is 19.6 Å². The molecule has 0 saturated heterocycles. The molecule has 2 amide bonds. The van der Waals surface area contributed by atoms with Crippen LogP contribution in [0.1, 0.15) is 42.6 Å². The lowest BCUT2D eigenvalue weighted by Crippen LogP contribution is -2.41. The van der Waals surface area contributed by atoms with Gasteiger partial charge in [0.05, 0.1) is 5.56 Å². The SMILES string of the molecule is CCCCN(CC)C(=O)NCCc1ccccc1C(=O)O. The second-order valence-corrected chi connectivity index (χ2v) is 4.88. The average Bonchev–Trinajstić information content (AvgIpc) is 2.48. The molecule has 0 saturated carbocycles. The normalized spacial score (nSPS) is 10.2. The monoisotopic (exact) mass is 292 g/mol. The third kappa shape index (κ3) is 5.45. The Morgan fingerprint density at radius 1 is 1.24 bits per heavy atom. The number of urea groups is 1. The fourth-order valence-corrected chi connectivity index (χ4v) is 2.12. The van der Waals surface area contributed by atoms with E-state index in [0.29, 0.717) is 25.1 Å². The first-order chi connectivity index (χ1) is 10.1.